The number of aliphatic hydroxyl groups excluding tert-OH is 1. The zero-order valence-electron chi connectivity index (χ0n) is 14.3. The third kappa shape index (κ3) is 4.47. The van der Waals surface area contributed by atoms with E-state index in [1.807, 2.05) is 31.2 Å². The largest absolute Gasteiger partial charge is 0.392 e. The van der Waals surface area contributed by atoms with E-state index in [1.165, 1.54) is 0 Å². The van der Waals surface area contributed by atoms with E-state index in [0.717, 1.165) is 16.8 Å². The van der Waals surface area contributed by atoms with Gasteiger partial charge in [0, 0.05) is 10.7 Å². The van der Waals surface area contributed by atoms with Crippen molar-refractivity contribution < 1.29 is 9.90 Å². The van der Waals surface area contributed by atoms with Crippen LogP contribution in [0.1, 0.15) is 22.5 Å². The molecule has 26 heavy (non-hydrogen) atoms. The summed E-state index contributed by atoms with van der Waals surface area (Å²) in [5.74, 6) is -0.182. The van der Waals surface area contributed by atoms with Crippen LogP contribution in [0.25, 0.3) is 0 Å². The third-order valence-corrected chi connectivity index (χ3v) is 4.26. The molecule has 0 saturated carbocycles. The molecule has 0 spiro atoms. The van der Waals surface area contributed by atoms with Crippen molar-refractivity contribution in [1.82, 2.24) is 15.0 Å². The topological polar surface area (TPSA) is 80.0 Å². The predicted molar refractivity (Wildman–Crippen MR) is 100 cm³/mol. The lowest BCUT2D eigenvalue weighted by Gasteiger charge is -2.07. The van der Waals surface area contributed by atoms with Gasteiger partial charge >= 0.3 is 0 Å². The van der Waals surface area contributed by atoms with Gasteiger partial charge in [-0.25, -0.2) is 4.68 Å². The van der Waals surface area contributed by atoms with E-state index in [1.54, 1.807) is 28.9 Å². The van der Waals surface area contributed by atoms with Crippen molar-refractivity contribution in [2.24, 2.45) is 0 Å². The van der Waals surface area contributed by atoms with Crippen LogP contribution < -0.4 is 5.32 Å². The van der Waals surface area contributed by atoms with Crippen LogP contribution in [0.4, 0.5) is 5.69 Å². The normalized spacial score (nSPS) is 10.7. The van der Waals surface area contributed by atoms with Gasteiger partial charge in [-0.05, 0) is 42.3 Å². The molecule has 0 unspecified atom stereocenters. The van der Waals surface area contributed by atoms with Crippen molar-refractivity contribution in [1.29, 1.82) is 0 Å². The van der Waals surface area contributed by atoms with Crippen molar-refractivity contribution in [3.8, 4) is 0 Å². The highest BCUT2D eigenvalue weighted by Crippen LogP contribution is 2.15. The molecule has 1 heterocycles. The molecule has 6 nitrogen and oxygen atoms in total. The van der Waals surface area contributed by atoms with Gasteiger partial charge in [0.25, 0.3) is 0 Å². The summed E-state index contributed by atoms with van der Waals surface area (Å²) in [7, 11) is 0. The van der Waals surface area contributed by atoms with Gasteiger partial charge in [-0.1, -0.05) is 41.1 Å². The number of nitrogens with zero attached hydrogens (tertiary/aromatic N) is 3. The molecule has 0 aliphatic carbocycles. The maximum absolute atomic E-state index is 12.3. The number of hydrogen-bond acceptors (Lipinski definition) is 4. The van der Waals surface area contributed by atoms with Crippen LogP contribution in [-0.2, 0) is 24.4 Å². The van der Waals surface area contributed by atoms with Gasteiger partial charge in [-0.3, -0.25) is 4.79 Å². The van der Waals surface area contributed by atoms with Crippen molar-refractivity contribution in [3.05, 3.63) is 76.1 Å². The number of benzene rings is 2. The lowest BCUT2D eigenvalue weighted by molar-refractivity contribution is -0.115. The Bertz CT molecular complexity index is 923. The summed E-state index contributed by atoms with van der Waals surface area (Å²) in [5.41, 5.74) is 3.87. The van der Waals surface area contributed by atoms with Crippen LogP contribution >= 0.6 is 11.6 Å². The molecule has 0 saturated heterocycles. The Morgan fingerprint density at radius 3 is 2.73 bits per heavy atom. The van der Waals surface area contributed by atoms with Gasteiger partial charge < -0.3 is 10.4 Å². The Labute approximate surface area is 156 Å². The number of rotatable bonds is 6. The molecule has 1 aromatic heterocycles. The minimum atomic E-state index is -0.182. The fourth-order valence-corrected chi connectivity index (χ4v) is 2.84. The Morgan fingerprint density at radius 2 is 1.96 bits per heavy atom. The maximum atomic E-state index is 12.3. The zero-order chi connectivity index (χ0) is 18.5. The van der Waals surface area contributed by atoms with Crippen LogP contribution in [0.3, 0.4) is 0 Å². The van der Waals surface area contributed by atoms with E-state index in [4.69, 9.17) is 16.7 Å². The first-order valence-electron chi connectivity index (χ1n) is 8.18. The minimum absolute atomic E-state index is 0.0688. The molecule has 0 atom stereocenters. The van der Waals surface area contributed by atoms with Crippen molar-refractivity contribution in [2.75, 3.05) is 5.32 Å². The van der Waals surface area contributed by atoms with E-state index in [0.29, 0.717) is 22.9 Å². The van der Waals surface area contributed by atoms with E-state index in [9.17, 15) is 4.79 Å². The number of aliphatic hydroxyl groups is 1. The summed E-state index contributed by atoms with van der Waals surface area (Å²) < 4.78 is 1.75. The minimum Gasteiger partial charge on any atom is -0.392 e. The van der Waals surface area contributed by atoms with Gasteiger partial charge in [0.15, 0.2) is 0 Å². The number of halogens is 1. The van der Waals surface area contributed by atoms with E-state index in [2.05, 4.69) is 15.6 Å². The molecule has 2 N–H and O–H groups in total. The van der Waals surface area contributed by atoms with Crippen molar-refractivity contribution in [2.45, 2.75) is 26.5 Å². The average Bonchev–Trinajstić information content (AvgIpc) is 2.95. The highest BCUT2D eigenvalue weighted by molar-refractivity contribution is 6.30. The van der Waals surface area contributed by atoms with E-state index >= 15 is 0 Å². The average molecular weight is 371 g/mol. The number of aromatic nitrogens is 3. The maximum Gasteiger partial charge on any atom is 0.230 e. The second kappa shape index (κ2) is 8.12. The number of nitrogens with one attached hydrogen (secondary N) is 1. The fourth-order valence-electron chi connectivity index (χ4n) is 2.62. The summed E-state index contributed by atoms with van der Waals surface area (Å²) in [6.45, 7) is 2.36. The molecule has 0 radical (unpaired) electrons. The molecule has 0 aliphatic rings. The molecule has 0 fully saturated rings. The fraction of sp³-hybridized carbons (Fsp3) is 0.211. The van der Waals surface area contributed by atoms with Crippen LogP contribution in [0, 0.1) is 6.92 Å². The monoisotopic (exact) mass is 370 g/mol. The summed E-state index contributed by atoms with van der Waals surface area (Å²) in [5, 5.41) is 20.9. The van der Waals surface area contributed by atoms with Gasteiger partial charge in [0.05, 0.1) is 31.0 Å². The quantitative estimate of drug-likeness (QED) is 0.699. The molecule has 3 rings (SSSR count). The van der Waals surface area contributed by atoms with Gasteiger partial charge in [-0.2, -0.15) is 0 Å². The molecule has 1 amide bonds. The van der Waals surface area contributed by atoms with Gasteiger partial charge in [0.2, 0.25) is 5.91 Å². The Balaban J connectivity index is 1.66. The SMILES string of the molecule is Cc1c(CC(=O)Nc2cccc(CO)c2)nnn1Cc1cccc(Cl)c1. The molecule has 0 bridgehead atoms. The van der Waals surface area contributed by atoms with Crippen LogP contribution in [-0.4, -0.2) is 26.0 Å². The number of amides is 1. The Hall–Kier alpha value is -2.70. The molecule has 134 valence electrons. The molecular formula is C19H19ClN4O2. The van der Waals surface area contributed by atoms with E-state index in [-0.39, 0.29) is 18.9 Å². The molecule has 2 aromatic carbocycles. The van der Waals surface area contributed by atoms with Crippen molar-refractivity contribution >= 4 is 23.2 Å². The lowest BCUT2D eigenvalue weighted by Crippen LogP contribution is -2.15. The molecule has 3 aromatic rings. The standard InChI is InChI=1S/C19H19ClN4O2/c1-13-18(10-19(26)21-17-7-3-5-15(9-17)12-25)22-23-24(13)11-14-4-2-6-16(20)8-14/h2-9,25H,10-12H2,1H3,(H,21,26). The number of hydrogen-bond donors (Lipinski definition) is 2. The number of anilines is 1. The number of carbonyl (C=O) groups is 1. The predicted octanol–water partition coefficient (Wildman–Crippen LogP) is 2.96. The van der Waals surface area contributed by atoms with Gasteiger partial charge in [0.1, 0.15) is 0 Å². The first-order valence-corrected chi connectivity index (χ1v) is 8.56. The lowest BCUT2D eigenvalue weighted by atomic mass is 10.2. The highest BCUT2D eigenvalue weighted by Gasteiger charge is 2.13. The molecule has 7 heteroatoms. The Morgan fingerprint density at radius 1 is 1.19 bits per heavy atom. The molecular weight excluding hydrogens is 352 g/mol. The summed E-state index contributed by atoms with van der Waals surface area (Å²) in [4.78, 5) is 12.3. The van der Waals surface area contributed by atoms with Crippen LogP contribution in [0.5, 0.6) is 0 Å². The Kier molecular flexibility index (Phi) is 5.65. The van der Waals surface area contributed by atoms with Gasteiger partial charge in [-0.15, -0.1) is 5.10 Å². The summed E-state index contributed by atoms with van der Waals surface area (Å²) >= 11 is 6.01. The first kappa shape index (κ1) is 18.1. The van der Waals surface area contributed by atoms with Crippen molar-refractivity contribution in [3.63, 3.8) is 0 Å². The summed E-state index contributed by atoms with van der Waals surface area (Å²) in [6, 6.07) is 14.6. The first-order chi connectivity index (χ1) is 12.5. The summed E-state index contributed by atoms with van der Waals surface area (Å²) in [6.07, 6.45) is 0.130. The van der Waals surface area contributed by atoms with Crippen LogP contribution in [0.2, 0.25) is 5.02 Å². The third-order valence-electron chi connectivity index (χ3n) is 4.02. The van der Waals surface area contributed by atoms with Crippen LogP contribution in [0.15, 0.2) is 48.5 Å². The highest BCUT2D eigenvalue weighted by atomic mass is 35.5. The zero-order valence-corrected chi connectivity index (χ0v) is 15.1. The second-order valence-electron chi connectivity index (χ2n) is 5.99. The van der Waals surface area contributed by atoms with E-state index < -0.39 is 0 Å². The smallest absolute Gasteiger partial charge is 0.230 e. The molecule has 0 aliphatic heterocycles. The number of carbonyl (C=O) groups excluding carboxylic acids is 1. The second-order valence-corrected chi connectivity index (χ2v) is 6.43.